The minimum Gasteiger partial charge on any atom is -0.550 e. The van der Waals surface area contributed by atoms with Crippen LogP contribution in [0, 0.1) is 5.92 Å². The highest BCUT2D eigenvalue weighted by molar-refractivity contribution is 5.66. The monoisotopic (exact) mass is 238 g/mol. The largest absolute Gasteiger partial charge is 0.550 e. The fourth-order valence-corrected chi connectivity index (χ4v) is 1.94. The number of aromatic nitrogens is 2. The summed E-state index contributed by atoms with van der Waals surface area (Å²) in [5.41, 5.74) is 0. The van der Waals surface area contributed by atoms with Crippen molar-refractivity contribution < 1.29 is 14.5 Å². The van der Waals surface area contributed by atoms with E-state index in [4.69, 9.17) is 0 Å². The van der Waals surface area contributed by atoms with Crippen LogP contribution in [-0.2, 0) is 24.8 Å². The van der Waals surface area contributed by atoms with Crippen molar-refractivity contribution in [2.75, 3.05) is 0 Å². The van der Waals surface area contributed by atoms with Crippen LogP contribution in [-0.4, -0.2) is 10.5 Å². The summed E-state index contributed by atoms with van der Waals surface area (Å²) in [6.07, 6.45) is 8.47. The molecule has 1 atom stereocenters. The second-order valence-electron chi connectivity index (χ2n) is 4.65. The molecule has 1 aromatic rings. The Hall–Kier alpha value is -1.32. The maximum absolute atomic E-state index is 10.8. The Morgan fingerprint density at radius 2 is 2.24 bits per heavy atom. The molecular weight excluding hydrogens is 216 g/mol. The van der Waals surface area contributed by atoms with E-state index in [1.807, 2.05) is 24.0 Å². The van der Waals surface area contributed by atoms with Crippen LogP contribution in [0.3, 0.4) is 0 Å². The molecule has 17 heavy (non-hydrogen) atoms. The molecule has 0 N–H and O–H groups in total. The minimum atomic E-state index is -0.985. The number of hydrogen-bond acceptors (Lipinski definition) is 2. The molecule has 0 saturated heterocycles. The first-order valence-corrected chi connectivity index (χ1v) is 6.30. The predicted molar refractivity (Wildman–Crippen MR) is 63.0 cm³/mol. The molecule has 1 unspecified atom stereocenters. The smallest absolute Gasteiger partial charge is 0.256 e. The van der Waals surface area contributed by atoms with E-state index in [2.05, 4.69) is 11.5 Å². The van der Waals surface area contributed by atoms with E-state index >= 15 is 0 Å². The van der Waals surface area contributed by atoms with Gasteiger partial charge in [0.15, 0.2) is 0 Å². The van der Waals surface area contributed by atoms with Crippen LogP contribution in [0.4, 0.5) is 0 Å². The number of carbonyl (C=O) groups excluding carboxylic acids is 1. The Morgan fingerprint density at radius 3 is 2.82 bits per heavy atom. The summed E-state index contributed by atoms with van der Waals surface area (Å²) in [5.74, 6) is -0.250. The zero-order valence-corrected chi connectivity index (χ0v) is 11.0. The highest BCUT2D eigenvalue weighted by Gasteiger charge is 2.16. The summed E-state index contributed by atoms with van der Waals surface area (Å²) >= 11 is 0. The Labute approximate surface area is 103 Å². The lowest BCUT2D eigenvalue weighted by Gasteiger charge is -2.11. The molecule has 1 aromatic heterocycles. The van der Waals surface area contributed by atoms with Gasteiger partial charge in [-0.15, -0.1) is 0 Å². The lowest BCUT2D eigenvalue weighted by molar-refractivity contribution is -0.678. The van der Waals surface area contributed by atoms with Crippen molar-refractivity contribution in [3.05, 3.63) is 18.2 Å². The molecule has 4 nitrogen and oxygen atoms in total. The average molecular weight is 238 g/mol. The van der Waals surface area contributed by atoms with Crippen molar-refractivity contribution in [3.63, 3.8) is 0 Å². The van der Waals surface area contributed by atoms with Crippen LogP contribution in [0.15, 0.2) is 12.4 Å². The third-order valence-electron chi connectivity index (χ3n) is 3.09. The summed E-state index contributed by atoms with van der Waals surface area (Å²) in [7, 11) is 2.00. The van der Waals surface area contributed by atoms with Crippen LogP contribution in [0.1, 0.15) is 38.9 Å². The van der Waals surface area contributed by atoms with Gasteiger partial charge in [0.25, 0.3) is 5.82 Å². The van der Waals surface area contributed by atoms with Crippen molar-refractivity contribution in [2.24, 2.45) is 13.0 Å². The number of aryl methyl sites for hydroxylation is 1. The summed E-state index contributed by atoms with van der Waals surface area (Å²) in [4.78, 5) is 10.8. The molecule has 0 saturated carbocycles. The molecule has 0 radical (unpaired) electrons. The zero-order valence-electron chi connectivity index (χ0n) is 11.0. The normalized spacial score (nSPS) is 12.6. The molecule has 0 spiro atoms. The summed E-state index contributed by atoms with van der Waals surface area (Å²) in [6, 6.07) is 0. The fourth-order valence-electron chi connectivity index (χ4n) is 1.94. The molecular formula is C13H22N2O2. The lowest BCUT2D eigenvalue weighted by Crippen LogP contribution is -2.35. The van der Waals surface area contributed by atoms with Gasteiger partial charge < -0.3 is 9.90 Å². The number of aliphatic carboxylic acids is 1. The van der Waals surface area contributed by atoms with Gasteiger partial charge >= 0.3 is 0 Å². The third-order valence-corrected chi connectivity index (χ3v) is 3.09. The Morgan fingerprint density at radius 1 is 1.53 bits per heavy atom. The first-order chi connectivity index (χ1) is 8.06. The number of unbranched alkanes of at least 4 members (excludes halogenated alkanes) is 2. The van der Waals surface area contributed by atoms with Gasteiger partial charge in [-0.05, 0) is 6.42 Å². The van der Waals surface area contributed by atoms with Gasteiger partial charge in [-0.2, -0.15) is 0 Å². The first-order valence-electron chi connectivity index (χ1n) is 6.30. The number of imidazole rings is 1. The number of nitrogens with zero attached hydrogens (tertiary/aromatic N) is 2. The quantitative estimate of drug-likeness (QED) is 0.511. The molecule has 1 rings (SSSR count). The Bertz CT molecular complexity index is 371. The SMILES string of the molecule is CCCCCc1n(CC(C)C(=O)[O-])cc[n+]1C. The van der Waals surface area contributed by atoms with Crippen LogP contribution in [0.5, 0.6) is 0 Å². The van der Waals surface area contributed by atoms with Gasteiger partial charge in [-0.1, -0.05) is 26.7 Å². The summed E-state index contributed by atoms with van der Waals surface area (Å²) < 4.78 is 4.09. The molecule has 96 valence electrons. The number of carboxylic acid groups (broad SMARTS) is 1. The molecule has 0 aliphatic rings. The van der Waals surface area contributed by atoms with Crippen LogP contribution < -0.4 is 9.67 Å². The van der Waals surface area contributed by atoms with E-state index < -0.39 is 11.9 Å². The molecule has 0 aromatic carbocycles. The van der Waals surface area contributed by atoms with E-state index in [9.17, 15) is 9.90 Å². The van der Waals surface area contributed by atoms with Crippen molar-refractivity contribution in [3.8, 4) is 0 Å². The summed E-state index contributed by atoms with van der Waals surface area (Å²) in [6.45, 7) is 4.35. The van der Waals surface area contributed by atoms with Gasteiger partial charge in [0.1, 0.15) is 12.4 Å². The number of carbonyl (C=O) groups is 1. The Balaban J connectivity index is 2.68. The zero-order chi connectivity index (χ0) is 12.8. The molecule has 0 aliphatic heterocycles. The van der Waals surface area contributed by atoms with E-state index in [0.717, 1.165) is 12.8 Å². The van der Waals surface area contributed by atoms with Gasteiger partial charge in [-0.25, -0.2) is 9.13 Å². The number of rotatable bonds is 7. The van der Waals surface area contributed by atoms with E-state index in [0.29, 0.717) is 6.54 Å². The van der Waals surface area contributed by atoms with Crippen LogP contribution in [0.2, 0.25) is 0 Å². The van der Waals surface area contributed by atoms with Crippen LogP contribution >= 0.6 is 0 Å². The standard InChI is InChI=1S/C13H22N2O2/c1-4-5-6-7-12-14(3)8-9-15(12)10-11(2)13(16)17/h8-9,11H,4-7,10H2,1-3H3. The lowest BCUT2D eigenvalue weighted by atomic mass is 10.1. The van der Waals surface area contributed by atoms with E-state index in [-0.39, 0.29) is 0 Å². The molecule has 0 aliphatic carbocycles. The predicted octanol–water partition coefficient (Wildman–Crippen LogP) is 0.431. The fraction of sp³-hybridized carbons (Fsp3) is 0.692. The van der Waals surface area contributed by atoms with E-state index in [1.165, 1.54) is 18.7 Å². The van der Waals surface area contributed by atoms with Crippen molar-refractivity contribution in [1.82, 2.24) is 4.57 Å². The highest BCUT2D eigenvalue weighted by atomic mass is 16.4. The molecule has 0 amide bonds. The maximum Gasteiger partial charge on any atom is 0.256 e. The molecule has 4 heteroatoms. The van der Waals surface area contributed by atoms with Gasteiger partial charge in [0.05, 0.1) is 13.6 Å². The van der Waals surface area contributed by atoms with Crippen molar-refractivity contribution in [2.45, 2.75) is 46.1 Å². The topological polar surface area (TPSA) is 48.9 Å². The van der Waals surface area contributed by atoms with Crippen LogP contribution in [0.25, 0.3) is 0 Å². The second kappa shape index (κ2) is 6.42. The average Bonchev–Trinajstić information content (AvgIpc) is 2.61. The molecule has 1 heterocycles. The minimum absolute atomic E-state index is 0.452. The third kappa shape index (κ3) is 3.88. The van der Waals surface area contributed by atoms with Gasteiger partial charge in [0, 0.05) is 18.3 Å². The molecule has 0 fully saturated rings. The number of hydrogen-bond donors (Lipinski definition) is 0. The van der Waals surface area contributed by atoms with Crippen molar-refractivity contribution in [1.29, 1.82) is 0 Å². The van der Waals surface area contributed by atoms with Gasteiger partial charge in [0.2, 0.25) is 0 Å². The highest BCUT2D eigenvalue weighted by Crippen LogP contribution is 2.06. The first kappa shape index (κ1) is 13.7. The number of carboxylic acids is 1. The molecule has 0 bridgehead atoms. The Kier molecular flexibility index (Phi) is 5.19. The maximum atomic E-state index is 10.8. The van der Waals surface area contributed by atoms with Gasteiger partial charge in [-0.3, -0.25) is 0 Å². The second-order valence-corrected chi connectivity index (χ2v) is 4.65. The van der Waals surface area contributed by atoms with E-state index in [1.54, 1.807) is 6.92 Å². The summed E-state index contributed by atoms with van der Waals surface area (Å²) in [5, 5.41) is 10.8. The van der Waals surface area contributed by atoms with Crippen molar-refractivity contribution >= 4 is 5.97 Å².